The Balaban J connectivity index is 0.000000167. The van der Waals surface area contributed by atoms with Crippen molar-refractivity contribution >= 4 is 0 Å². The summed E-state index contributed by atoms with van der Waals surface area (Å²) in [5.74, 6) is 0. The molecule has 0 fully saturated rings. The van der Waals surface area contributed by atoms with Gasteiger partial charge in [-0.1, -0.05) is 6.07 Å². The zero-order valence-electron chi connectivity index (χ0n) is 9.81. The lowest BCUT2D eigenvalue weighted by Gasteiger charge is -2.02. The highest BCUT2D eigenvalue weighted by atomic mass is 19.4. The molecule has 7 nitrogen and oxygen atoms in total. The minimum Gasteiger partial charge on any atom is -0.346 e. The summed E-state index contributed by atoms with van der Waals surface area (Å²) in [4.78, 5) is 3.12. The fraction of sp³-hybridized carbons (Fsp3) is 0.100. The summed E-state index contributed by atoms with van der Waals surface area (Å²) < 4.78 is 43.6. The molecule has 0 spiro atoms. The second-order valence-corrected chi connectivity index (χ2v) is 2.89. The molecule has 3 aromatic heterocycles. The van der Waals surface area contributed by atoms with Gasteiger partial charge in [0.05, 0.1) is 12.4 Å². The van der Waals surface area contributed by atoms with E-state index in [4.69, 9.17) is 0 Å². The van der Waals surface area contributed by atoms with Crippen molar-refractivity contribution in [2.45, 2.75) is 6.18 Å². The van der Waals surface area contributed by atoms with Crippen LogP contribution in [-0.2, 0) is 6.18 Å². The lowest BCUT2D eigenvalue weighted by atomic mass is 10.3. The Morgan fingerprint density at radius 1 is 0.850 bits per heavy atom. The fourth-order valence-corrected chi connectivity index (χ4v) is 0.803. The van der Waals surface area contributed by atoms with E-state index in [0.29, 0.717) is 0 Å². The van der Waals surface area contributed by atoms with Crippen molar-refractivity contribution in [2.24, 2.45) is 0 Å². The largest absolute Gasteiger partial charge is 0.433 e. The van der Waals surface area contributed by atoms with E-state index in [0.717, 1.165) is 12.3 Å². The van der Waals surface area contributed by atoms with Crippen LogP contribution in [0.3, 0.4) is 0 Å². The van der Waals surface area contributed by atoms with E-state index in [1.807, 2.05) is 0 Å². The molecule has 0 aliphatic rings. The molecule has 0 unspecified atom stereocenters. The van der Waals surface area contributed by atoms with Crippen molar-refractivity contribution in [3.05, 3.63) is 55.0 Å². The molecule has 0 aliphatic heterocycles. The molecule has 3 rings (SSSR count). The second-order valence-electron chi connectivity index (χ2n) is 2.89. The van der Waals surface area contributed by atoms with E-state index < -0.39 is 11.9 Å². The third-order valence-electron chi connectivity index (χ3n) is 1.52. The van der Waals surface area contributed by atoms with Crippen LogP contribution in [-0.4, -0.2) is 25.7 Å². The molecule has 0 aromatic carbocycles. The summed E-state index contributed by atoms with van der Waals surface area (Å²) in [5, 5.41) is 12.8. The summed E-state index contributed by atoms with van der Waals surface area (Å²) in [6.07, 6.45) is 2.55. The van der Waals surface area contributed by atoms with Gasteiger partial charge in [0.2, 0.25) is 0 Å². The molecular weight excluding hydrogens is 279 g/mol. The molecule has 0 saturated heterocycles. The van der Waals surface area contributed by atoms with Gasteiger partial charge >= 0.3 is 6.18 Å². The molecule has 106 valence electrons. The molecule has 0 radical (unpaired) electrons. The summed E-state index contributed by atoms with van der Waals surface area (Å²) in [6.45, 7) is 0. The molecular formula is C10H8F3N5O2. The number of halogens is 3. The highest BCUT2D eigenvalue weighted by Gasteiger charge is 2.31. The van der Waals surface area contributed by atoms with Crippen molar-refractivity contribution in [1.82, 2.24) is 25.7 Å². The van der Waals surface area contributed by atoms with Gasteiger partial charge in [0.25, 0.3) is 0 Å². The molecule has 10 heteroatoms. The van der Waals surface area contributed by atoms with Crippen LogP contribution in [0.25, 0.3) is 0 Å². The van der Waals surface area contributed by atoms with Crippen LogP contribution in [0.2, 0.25) is 0 Å². The zero-order valence-corrected chi connectivity index (χ0v) is 9.81. The van der Waals surface area contributed by atoms with E-state index >= 15 is 0 Å². The minimum atomic E-state index is -4.32. The molecule has 3 heterocycles. The quantitative estimate of drug-likeness (QED) is 0.626. The van der Waals surface area contributed by atoms with Crippen molar-refractivity contribution in [1.29, 1.82) is 0 Å². The minimum absolute atomic E-state index is 0.852. The van der Waals surface area contributed by atoms with Gasteiger partial charge in [-0.2, -0.15) is 13.2 Å². The number of hydrogen-bond acceptors (Lipinski definition) is 7. The summed E-state index contributed by atoms with van der Waals surface area (Å²) >= 11 is 0. The SMILES string of the molecule is FC(F)(F)c1ccccn1.c1conn1.c1conn1. The Bertz CT molecular complexity index is 467. The lowest BCUT2D eigenvalue weighted by molar-refractivity contribution is -0.141. The van der Waals surface area contributed by atoms with Crippen LogP contribution in [0.15, 0.2) is 58.4 Å². The van der Waals surface area contributed by atoms with Gasteiger partial charge in [-0.25, -0.2) is 0 Å². The van der Waals surface area contributed by atoms with Gasteiger partial charge in [0.1, 0.15) is 18.2 Å². The standard InChI is InChI=1S/C6H4F3N.2C2H2N2O/c7-6(8,9)5-3-1-2-4-10-5;2*1-2-5-4-3-1/h1-4H;2*1-2H. The predicted octanol–water partition coefficient (Wildman–Crippen LogP) is 2.24. The first kappa shape index (κ1) is 15.3. The highest BCUT2D eigenvalue weighted by molar-refractivity contribution is 5.06. The highest BCUT2D eigenvalue weighted by Crippen LogP contribution is 2.26. The first-order valence-electron chi connectivity index (χ1n) is 5.01. The van der Waals surface area contributed by atoms with Gasteiger partial charge in [0.15, 0.2) is 0 Å². The number of rotatable bonds is 0. The van der Waals surface area contributed by atoms with Crippen LogP contribution in [0.1, 0.15) is 5.69 Å². The smallest absolute Gasteiger partial charge is 0.346 e. The summed E-state index contributed by atoms with van der Waals surface area (Å²) in [7, 11) is 0. The van der Waals surface area contributed by atoms with Crippen LogP contribution in [0, 0.1) is 0 Å². The Morgan fingerprint density at radius 2 is 1.45 bits per heavy atom. The van der Waals surface area contributed by atoms with Crippen LogP contribution in [0.4, 0.5) is 13.2 Å². The van der Waals surface area contributed by atoms with E-state index in [9.17, 15) is 13.2 Å². The van der Waals surface area contributed by atoms with Crippen LogP contribution in [0.5, 0.6) is 0 Å². The number of pyridine rings is 1. The molecule has 0 bridgehead atoms. The molecule has 0 atom stereocenters. The molecule has 20 heavy (non-hydrogen) atoms. The fourth-order valence-electron chi connectivity index (χ4n) is 0.803. The van der Waals surface area contributed by atoms with Crippen molar-refractivity contribution in [2.75, 3.05) is 0 Å². The Morgan fingerprint density at radius 3 is 1.65 bits per heavy atom. The van der Waals surface area contributed by atoms with E-state index in [1.165, 1.54) is 37.1 Å². The Labute approximate surface area is 110 Å². The van der Waals surface area contributed by atoms with Gasteiger partial charge in [0, 0.05) is 16.7 Å². The summed E-state index contributed by atoms with van der Waals surface area (Å²) in [5.41, 5.74) is -0.852. The maximum atomic E-state index is 11.7. The van der Waals surface area contributed by atoms with Crippen molar-refractivity contribution in [3.8, 4) is 0 Å². The van der Waals surface area contributed by atoms with E-state index in [-0.39, 0.29) is 0 Å². The molecule has 3 aromatic rings. The molecule has 0 aliphatic carbocycles. The average Bonchev–Trinajstić information content (AvgIpc) is 3.17. The first-order chi connectivity index (χ1) is 9.61. The Hall–Kier alpha value is -2.78. The number of aromatic nitrogens is 5. The zero-order chi connectivity index (χ0) is 14.7. The predicted molar refractivity (Wildman–Crippen MR) is 57.8 cm³/mol. The van der Waals surface area contributed by atoms with Gasteiger partial charge in [-0.3, -0.25) is 4.98 Å². The van der Waals surface area contributed by atoms with Gasteiger partial charge in [-0.05, 0) is 12.1 Å². The number of alkyl halides is 3. The lowest BCUT2D eigenvalue weighted by Crippen LogP contribution is -2.06. The maximum absolute atomic E-state index is 11.7. The van der Waals surface area contributed by atoms with Crippen molar-refractivity contribution in [3.63, 3.8) is 0 Å². The molecule has 0 saturated carbocycles. The second kappa shape index (κ2) is 8.34. The number of nitrogens with zero attached hydrogens (tertiary/aromatic N) is 5. The first-order valence-corrected chi connectivity index (χ1v) is 5.01. The Kier molecular flexibility index (Phi) is 6.37. The summed E-state index contributed by atoms with van der Waals surface area (Å²) in [6, 6.07) is 3.67. The normalized spacial score (nSPS) is 9.75. The third-order valence-corrected chi connectivity index (χ3v) is 1.52. The monoisotopic (exact) mass is 287 g/mol. The number of hydrogen-bond donors (Lipinski definition) is 0. The van der Waals surface area contributed by atoms with Crippen molar-refractivity contribution < 1.29 is 22.2 Å². The third kappa shape index (κ3) is 6.83. The average molecular weight is 287 g/mol. The molecule has 0 amide bonds. The maximum Gasteiger partial charge on any atom is 0.433 e. The van der Waals surface area contributed by atoms with Gasteiger partial charge < -0.3 is 9.05 Å². The topological polar surface area (TPSA) is 90.7 Å². The molecule has 0 N–H and O–H groups in total. The van der Waals surface area contributed by atoms with Crippen LogP contribution >= 0.6 is 0 Å². The van der Waals surface area contributed by atoms with Crippen LogP contribution < -0.4 is 0 Å². The van der Waals surface area contributed by atoms with E-state index in [2.05, 4.69) is 34.8 Å². The van der Waals surface area contributed by atoms with Gasteiger partial charge in [-0.15, -0.1) is 10.2 Å². The van der Waals surface area contributed by atoms with E-state index in [1.54, 1.807) is 0 Å².